The molecule has 0 bridgehead atoms. The van der Waals surface area contributed by atoms with E-state index in [9.17, 15) is 13.2 Å². The fraction of sp³-hybridized carbons (Fsp3) is 0.565. The molecule has 1 N–H and O–H groups in total. The average molecular weight is 494 g/mol. The number of carbonyl (C=O) groups excluding carboxylic acids is 1. The summed E-state index contributed by atoms with van der Waals surface area (Å²) in [6.07, 6.45) is 7.64. The number of carbonyl (C=O) groups is 1. The van der Waals surface area contributed by atoms with Crippen LogP contribution in [0.1, 0.15) is 53.3 Å². The molecule has 0 unspecified atom stereocenters. The van der Waals surface area contributed by atoms with Crippen LogP contribution in [0.25, 0.3) is 0 Å². The molecular formula is C23H31N3O5S2. The highest BCUT2D eigenvalue weighted by molar-refractivity contribution is 7.88. The number of hydrogen-bond donors (Lipinski definition) is 1. The number of anilines is 1. The third-order valence-electron chi connectivity index (χ3n) is 6.48. The molecule has 2 aromatic rings. The second-order valence-corrected chi connectivity index (χ2v) is 11.6. The van der Waals surface area contributed by atoms with Crippen molar-refractivity contribution in [2.24, 2.45) is 0 Å². The molecule has 4 rings (SSSR count). The lowest BCUT2D eigenvalue weighted by Crippen LogP contribution is -2.48. The highest BCUT2D eigenvalue weighted by Crippen LogP contribution is 2.35. The number of ether oxygens (including phenoxy) is 2. The molecule has 0 spiro atoms. The lowest BCUT2D eigenvalue weighted by Gasteiger charge is -2.32. The average Bonchev–Trinajstić information content (AvgIpc) is 3.44. The van der Waals surface area contributed by atoms with Gasteiger partial charge in [0.05, 0.1) is 38.3 Å². The normalized spacial score (nSPS) is 25.8. The molecule has 0 amide bonds. The largest absolute Gasteiger partial charge is 0.465 e. The zero-order chi connectivity index (χ0) is 23.4. The smallest absolute Gasteiger partial charge is 0.349 e. The lowest BCUT2D eigenvalue weighted by atomic mass is 9.83. The van der Waals surface area contributed by atoms with Crippen LogP contribution in [-0.2, 0) is 19.5 Å². The van der Waals surface area contributed by atoms with Crippen LogP contribution < -0.4 is 9.62 Å². The molecule has 0 radical (unpaired) electrons. The summed E-state index contributed by atoms with van der Waals surface area (Å²) < 4.78 is 37.8. The van der Waals surface area contributed by atoms with Crippen LogP contribution in [0.15, 0.2) is 36.5 Å². The summed E-state index contributed by atoms with van der Waals surface area (Å²) in [6.45, 7) is 1.04. The number of methoxy groups -OCH3 is 1. The minimum absolute atomic E-state index is 0.160. The summed E-state index contributed by atoms with van der Waals surface area (Å²) in [5.41, 5.74) is 1.39. The summed E-state index contributed by atoms with van der Waals surface area (Å²) in [5, 5.41) is 0.676. The second kappa shape index (κ2) is 10.5. The molecule has 10 heteroatoms. The number of sulfonamides is 1. The van der Waals surface area contributed by atoms with E-state index in [4.69, 9.17) is 9.47 Å². The first-order valence-corrected chi connectivity index (χ1v) is 14.0. The highest BCUT2D eigenvalue weighted by Gasteiger charge is 2.38. The van der Waals surface area contributed by atoms with Gasteiger partial charge in [-0.1, -0.05) is 41.7 Å². The van der Waals surface area contributed by atoms with Gasteiger partial charge in [0.25, 0.3) is 0 Å². The van der Waals surface area contributed by atoms with Gasteiger partial charge in [0, 0.05) is 12.6 Å². The van der Waals surface area contributed by atoms with E-state index in [1.807, 2.05) is 6.07 Å². The number of hydrogen-bond acceptors (Lipinski definition) is 8. The zero-order valence-corrected chi connectivity index (χ0v) is 20.6. The molecule has 1 aliphatic heterocycles. The third-order valence-corrected chi connectivity index (χ3v) is 8.23. The third kappa shape index (κ3) is 6.11. The molecular weight excluding hydrogens is 462 g/mol. The monoisotopic (exact) mass is 493 g/mol. The fourth-order valence-corrected chi connectivity index (χ4v) is 6.57. The van der Waals surface area contributed by atoms with E-state index in [1.54, 1.807) is 0 Å². The van der Waals surface area contributed by atoms with Crippen molar-refractivity contribution in [1.82, 2.24) is 9.71 Å². The Bertz CT molecular complexity index is 1040. The number of benzene rings is 1. The summed E-state index contributed by atoms with van der Waals surface area (Å²) >= 11 is 1.25. The van der Waals surface area contributed by atoms with Crippen molar-refractivity contribution in [2.75, 3.05) is 31.4 Å². The van der Waals surface area contributed by atoms with Gasteiger partial charge in [-0.05, 0) is 43.6 Å². The van der Waals surface area contributed by atoms with E-state index in [2.05, 4.69) is 38.9 Å². The number of esters is 1. The van der Waals surface area contributed by atoms with Crippen molar-refractivity contribution in [3.63, 3.8) is 0 Å². The molecule has 8 nitrogen and oxygen atoms in total. The molecule has 180 valence electrons. The van der Waals surface area contributed by atoms with E-state index in [0.29, 0.717) is 35.5 Å². The molecule has 2 atom stereocenters. The molecule has 2 heterocycles. The van der Waals surface area contributed by atoms with E-state index in [0.717, 1.165) is 25.7 Å². The van der Waals surface area contributed by atoms with Gasteiger partial charge in [-0.15, -0.1) is 0 Å². The summed E-state index contributed by atoms with van der Waals surface area (Å²) in [6, 6.07) is 10.1. The maximum absolute atomic E-state index is 11.9. The Hall–Kier alpha value is -2.01. The van der Waals surface area contributed by atoms with Gasteiger partial charge < -0.3 is 14.4 Å². The van der Waals surface area contributed by atoms with Crippen LogP contribution in [-0.4, -0.2) is 64.1 Å². The Morgan fingerprint density at radius 2 is 1.91 bits per heavy atom. The lowest BCUT2D eigenvalue weighted by molar-refractivity contribution is 0.0157. The van der Waals surface area contributed by atoms with Gasteiger partial charge >= 0.3 is 5.97 Å². The zero-order valence-electron chi connectivity index (χ0n) is 19.0. The van der Waals surface area contributed by atoms with Crippen molar-refractivity contribution in [3.05, 3.63) is 47.0 Å². The summed E-state index contributed by atoms with van der Waals surface area (Å²) in [7, 11) is -2.02. The Morgan fingerprint density at radius 3 is 2.58 bits per heavy atom. The van der Waals surface area contributed by atoms with Crippen LogP contribution in [0, 0.1) is 0 Å². The Kier molecular flexibility index (Phi) is 7.68. The van der Waals surface area contributed by atoms with Gasteiger partial charge in [-0.2, -0.15) is 0 Å². The quantitative estimate of drug-likeness (QED) is 0.564. The van der Waals surface area contributed by atoms with Crippen LogP contribution in [0.2, 0.25) is 0 Å². The van der Waals surface area contributed by atoms with E-state index in [1.165, 1.54) is 36.5 Å². The van der Waals surface area contributed by atoms with Crippen LogP contribution in [0.3, 0.4) is 0 Å². The first-order chi connectivity index (χ1) is 15.8. The second-order valence-electron chi connectivity index (χ2n) is 8.76. The molecule has 1 saturated heterocycles. The van der Waals surface area contributed by atoms with Crippen molar-refractivity contribution < 1.29 is 22.7 Å². The van der Waals surface area contributed by atoms with E-state index < -0.39 is 16.0 Å². The minimum Gasteiger partial charge on any atom is -0.465 e. The fourth-order valence-electron chi connectivity index (χ4n) is 4.83. The van der Waals surface area contributed by atoms with Crippen molar-refractivity contribution in [1.29, 1.82) is 0 Å². The summed E-state index contributed by atoms with van der Waals surface area (Å²) in [5.74, 6) is 0.146. The molecule has 1 saturated carbocycles. The Labute approximate surface area is 199 Å². The van der Waals surface area contributed by atoms with Gasteiger partial charge in [0.15, 0.2) is 5.13 Å². The van der Waals surface area contributed by atoms with Gasteiger partial charge in [0.1, 0.15) is 4.88 Å². The van der Waals surface area contributed by atoms with Gasteiger partial charge in [-0.25, -0.2) is 22.9 Å². The Balaban J connectivity index is 1.40. The SMILES string of the molecule is COC(=O)c1cnc(N2CC[C@H](NS(C)(=O)=O)[C@@H]2COC2CCC(c3ccccc3)CC2)s1. The van der Waals surface area contributed by atoms with Crippen LogP contribution >= 0.6 is 11.3 Å². The predicted molar refractivity (Wildman–Crippen MR) is 128 cm³/mol. The van der Waals surface area contributed by atoms with Crippen molar-refractivity contribution >= 4 is 32.5 Å². The maximum Gasteiger partial charge on any atom is 0.349 e. The number of thiazole rings is 1. The first kappa shape index (κ1) is 24.1. The van der Waals surface area contributed by atoms with E-state index >= 15 is 0 Å². The van der Waals surface area contributed by atoms with E-state index in [-0.39, 0.29) is 18.2 Å². The number of aromatic nitrogens is 1. The topological polar surface area (TPSA) is 97.8 Å². The molecule has 2 aliphatic rings. The van der Waals surface area contributed by atoms with Crippen LogP contribution in [0.5, 0.6) is 0 Å². The van der Waals surface area contributed by atoms with Crippen molar-refractivity contribution in [3.8, 4) is 0 Å². The maximum atomic E-state index is 11.9. The van der Waals surface area contributed by atoms with Gasteiger partial charge in [0.2, 0.25) is 10.0 Å². The number of nitrogens with one attached hydrogen (secondary N) is 1. The molecule has 1 aromatic carbocycles. The molecule has 33 heavy (non-hydrogen) atoms. The summed E-state index contributed by atoms with van der Waals surface area (Å²) in [4.78, 5) is 18.7. The highest BCUT2D eigenvalue weighted by atomic mass is 32.2. The predicted octanol–water partition coefficient (Wildman–Crippen LogP) is 3.17. The number of nitrogens with zero attached hydrogens (tertiary/aromatic N) is 2. The van der Waals surface area contributed by atoms with Gasteiger partial charge in [-0.3, -0.25) is 0 Å². The first-order valence-electron chi connectivity index (χ1n) is 11.3. The standard InChI is InChI=1S/C23H31N3O5S2/c1-30-22(27)21-14-24-23(32-21)26-13-12-19(25-33(2,28)29)20(26)15-31-18-10-8-17(9-11-18)16-6-4-3-5-7-16/h3-7,14,17-20,25H,8-13,15H2,1-2H3/t17?,18?,19-,20-/m0/s1. The molecule has 2 fully saturated rings. The molecule has 1 aliphatic carbocycles. The minimum atomic E-state index is -3.36. The van der Waals surface area contributed by atoms with Crippen LogP contribution in [0.4, 0.5) is 5.13 Å². The Morgan fingerprint density at radius 1 is 1.18 bits per heavy atom. The number of rotatable bonds is 8. The molecule has 1 aromatic heterocycles. The van der Waals surface area contributed by atoms with Crippen molar-refractivity contribution in [2.45, 2.75) is 56.2 Å².